The van der Waals surface area contributed by atoms with Crippen LogP contribution in [0, 0.1) is 17.0 Å². The Kier molecular flexibility index (Phi) is 4.19. The third-order valence-electron chi connectivity index (χ3n) is 2.36. The van der Waals surface area contributed by atoms with Gasteiger partial charge in [-0.1, -0.05) is 24.3 Å². The Morgan fingerprint density at radius 1 is 1.56 bits per heavy atom. The van der Waals surface area contributed by atoms with Crippen molar-refractivity contribution in [2.45, 2.75) is 20.4 Å². The summed E-state index contributed by atoms with van der Waals surface area (Å²) in [6.45, 7) is 8.85. The highest BCUT2D eigenvalue weighted by Crippen LogP contribution is 2.20. The Bertz CT molecular complexity index is 413. The van der Waals surface area contributed by atoms with E-state index in [-0.39, 0.29) is 10.6 Å². The number of nitro groups is 1. The number of nitrogens with zero attached hydrogens (tertiary/aromatic N) is 1. The molecule has 1 aromatic rings. The first kappa shape index (κ1) is 12.4. The molecule has 0 aliphatic carbocycles. The monoisotopic (exact) mass is 220 g/mol. The van der Waals surface area contributed by atoms with Gasteiger partial charge in [0.2, 0.25) is 0 Å². The number of hydrogen-bond acceptors (Lipinski definition) is 3. The molecule has 0 saturated heterocycles. The summed E-state index contributed by atoms with van der Waals surface area (Å²) in [5.41, 5.74) is 2.90. The summed E-state index contributed by atoms with van der Waals surface area (Å²) in [6, 6.07) is 5.13. The van der Waals surface area contributed by atoms with Crippen molar-refractivity contribution in [3.05, 3.63) is 51.6 Å². The lowest BCUT2D eigenvalue weighted by Gasteiger charge is -2.07. The van der Waals surface area contributed by atoms with Gasteiger partial charge < -0.3 is 5.32 Å². The highest BCUT2D eigenvalue weighted by molar-refractivity contribution is 5.44. The molecule has 0 atom stereocenters. The molecule has 16 heavy (non-hydrogen) atoms. The molecule has 4 nitrogen and oxygen atoms in total. The van der Waals surface area contributed by atoms with Gasteiger partial charge in [0.25, 0.3) is 5.69 Å². The van der Waals surface area contributed by atoms with E-state index in [0.717, 1.165) is 23.2 Å². The van der Waals surface area contributed by atoms with Gasteiger partial charge in [-0.15, -0.1) is 0 Å². The molecule has 0 spiro atoms. The van der Waals surface area contributed by atoms with E-state index in [2.05, 4.69) is 11.9 Å². The third kappa shape index (κ3) is 3.17. The summed E-state index contributed by atoms with van der Waals surface area (Å²) in [6.07, 6.45) is 0. The molecule has 0 heterocycles. The fourth-order valence-electron chi connectivity index (χ4n) is 1.47. The normalized spacial score (nSPS) is 10.1. The first-order chi connectivity index (χ1) is 7.52. The van der Waals surface area contributed by atoms with E-state index in [0.29, 0.717) is 6.54 Å². The minimum absolute atomic E-state index is 0.176. The number of rotatable bonds is 5. The Balaban J connectivity index is 2.77. The van der Waals surface area contributed by atoms with Crippen LogP contribution in [0.1, 0.15) is 18.1 Å². The third-order valence-corrected chi connectivity index (χ3v) is 2.36. The van der Waals surface area contributed by atoms with Gasteiger partial charge in [0.1, 0.15) is 0 Å². The van der Waals surface area contributed by atoms with Gasteiger partial charge in [0, 0.05) is 24.7 Å². The van der Waals surface area contributed by atoms with E-state index in [1.165, 1.54) is 6.07 Å². The molecule has 4 heteroatoms. The van der Waals surface area contributed by atoms with Crippen molar-refractivity contribution in [2.24, 2.45) is 0 Å². The largest absolute Gasteiger partial charge is 0.309 e. The van der Waals surface area contributed by atoms with Gasteiger partial charge in [-0.25, -0.2) is 0 Å². The Hall–Kier alpha value is -1.68. The first-order valence-corrected chi connectivity index (χ1v) is 5.10. The topological polar surface area (TPSA) is 55.2 Å². The Labute approximate surface area is 95.1 Å². The number of nitro benzene ring substituents is 1. The molecule has 0 saturated carbocycles. The molecular weight excluding hydrogens is 204 g/mol. The van der Waals surface area contributed by atoms with Crippen LogP contribution in [0.5, 0.6) is 0 Å². The molecule has 1 rings (SSSR count). The van der Waals surface area contributed by atoms with Crippen molar-refractivity contribution in [1.29, 1.82) is 0 Å². The van der Waals surface area contributed by atoms with Crippen molar-refractivity contribution in [2.75, 3.05) is 6.54 Å². The molecule has 0 amide bonds. The molecular formula is C12H16N2O2. The highest BCUT2D eigenvalue weighted by Gasteiger charge is 2.12. The second-order valence-corrected chi connectivity index (χ2v) is 3.88. The summed E-state index contributed by atoms with van der Waals surface area (Å²) >= 11 is 0. The molecule has 0 aromatic heterocycles. The summed E-state index contributed by atoms with van der Waals surface area (Å²) < 4.78 is 0. The van der Waals surface area contributed by atoms with Crippen molar-refractivity contribution < 1.29 is 4.92 Å². The maximum atomic E-state index is 10.7. The van der Waals surface area contributed by atoms with E-state index in [1.807, 2.05) is 13.0 Å². The van der Waals surface area contributed by atoms with Crippen LogP contribution >= 0.6 is 0 Å². The SMILES string of the molecule is C=C(C)CNCc1cccc([N+](=O)[O-])c1C. The van der Waals surface area contributed by atoms with Gasteiger partial charge in [-0.3, -0.25) is 10.1 Å². The fourth-order valence-corrected chi connectivity index (χ4v) is 1.47. The summed E-state index contributed by atoms with van der Waals surface area (Å²) in [4.78, 5) is 10.4. The van der Waals surface area contributed by atoms with Crippen LogP contribution in [0.25, 0.3) is 0 Å². The summed E-state index contributed by atoms with van der Waals surface area (Å²) in [5, 5.41) is 13.9. The first-order valence-electron chi connectivity index (χ1n) is 5.10. The maximum Gasteiger partial charge on any atom is 0.272 e. The Morgan fingerprint density at radius 2 is 2.25 bits per heavy atom. The quantitative estimate of drug-likeness (QED) is 0.471. The van der Waals surface area contributed by atoms with Crippen LogP contribution in [-0.2, 0) is 6.54 Å². The lowest BCUT2D eigenvalue weighted by atomic mass is 10.1. The zero-order valence-corrected chi connectivity index (χ0v) is 9.62. The van der Waals surface area contributed by atoms with Crippen LogP contribution in [0.3, 0.4) is 0 Å². The van der Waals surface area contributed by atoms with Crippen LogP contribution in [0.15, 0.2) is 30.4 Å². The second kappa shape index (κ2) is 5.42. The predicted molar refractivity (Wildman–Crippen MR) is 64.4 cm³/mol. The smallest absolute Gasteiger partial charge is 0.272 e. The zero-order chi connectivity index (χ0) is 12.1. The molecule has 0 aliphatic rings. The number of nitrogens with one attached hydrogen (secondary N) is 1. The van der Waals surface area contributed by atoms with E-state index in [9.17, 15) is 10.1 Å². The van der Waals surface area contributed by atoms with E-state index >= 15 is 0 Å². The minimum atomic E-state index is -0.350. The van der Waals surface area contributed by atoms with Crippen LogP contribution in [0.4, 0.5) is 5.69 Å². The van der Waals surface area contributed by atoms with Crippen molar-refractivity contribution in [3.8, 4) is 0 Å². The predicted octanol–water partition coefficient (Wildman–Crippen LogP) is 2.57. The average molecular weight is 220 g/mol. The zero-order valence-electron chi connectivity index (χ0n) is 9.62. The standard InChI is InChI=1S/C12H16N2O2/c1-9(2)7-13-8-11-5-4-6-12(10(11)3)14(15)16/h4-6,13H,1,7-8H2,2-3H3. The highest BCUT2D eigenvalue weighted by atomic mass is 16.6. The lowest BCUT2D eigenvalue weighted by Crippen LogP contribution is -2.16. The molecule has 1 N–H and O–H groups in total. The van der Waals surface area contributed by atoms with Gasteiger partial charge in [0.15, 0.2) is 0 Å². The van der Waals surface area contributed by atoms with Gasteiger partial charge >= 0.3 is 0 Å². The average Bonchev–Trinajstić information content (AvgIpc) is 2.19. The molecule has 0 bridgehead atoms. The van der Waals surface area contributed by atoms with Gasteiger partial charge in [0.05, 0.1) is 4.92 Å². The lowest BCUT2D eigenvalue weighted by molar-refractivity contribution is -0.385. The van der Waals surface area contributed by atoms with Crippen molar-refractivity contribution in [1.82, 2.24) is 5.32 Å². The Morgan fingerprint density at radius 3 is 2.81 bits per heavy atom. The molecule has 0 fully saturated rings. The number of benzene rings is 1. The molecule has 0 radical (unpaired) electrons. The minimum Gasteiger partial charge on any atom is -0.309 e. The van der Waals surface area contributed by atoms with Crippen molar-refractivity contribution >= 4 is 5.69 Å². The molecule has 0 aliphatic heterocycles. The maximum absolute atomic E-state index is 10.7. The van der Waals surface area contributed by atoms with Crippen LogP contribution < -0.4 is 5.32 Å². The van der Waals surface area contributed by atoms with Crippen LogP contribution in [-0.4, -0.2) is 11.5 Å². The number of hydrogen-bond donors (Lipinski definition) is 1. The van der Waals surface area contributed by atoms with E-state index in [4.69, 9.17) is 0 Å². The fraction of sp³-hybridized carbons (Fsp3) is 0.333. The summed E-state index contributed by atoms with van der Waals surface area (Å²) in [7, 11) is 0. The summed E-state index contributed by atoms with van der Waals surface area (Å²) in [5.74, 6) is 0. The van der Waals surface area contributed by atoms with E-state index in [1.54, 1.807) is 13.0 Å². The van der Waals surface area contributed by atoms with Gasteiger partial charge in [-0.05, 0) is 19.4 Å². The van der Waals surface area contributed by atoms with E-state index < -0.39 is 0 Å². The van der Waals surface area contributed by atoms with Crippen LogP contribution in [0.2, 0.25) is 0 Å². The molecule has 0 unspecified atom stereocenters. The molecule has 86 valence electrons. The second-order valence-electron chi connectivity index (χ2n) is 3.88. The molecule has 1 aromatic carbocycles. The van der Waals surface area contributed by atoms with Crippen molar-refractivity contribution in [3.63, 3.8) is 0 Å². The van der Waals surface area contributed by atoms with Gasteiger partial charge in [-0.2, -0.15) is 0 Å².